The van der Waals surface area contributed by atoms with Gasteiger partial charge in [0.25, 0.3) is 0 Å². The average molecular weight is 231 g/mol. The third-order valence-corrected chi connectivity index (χ3v) is 3.63. The molecule has 1 heterocycles. The van der Waals surface area contributed by atoms with Crippen molar-refractivity contribution in [3.05, 3.63) is 0 Å². The van der Waals surface area contributed by atoms with Crippen molar-refractivity contribution in [2.24, 2.45) is 11.8 Å². The van der Waals surface area contributed by atoms with E-state index in [4.69, 9.17) is 4.74 Å². The van der Waals surface area contributed by atoms with Crippen LogP contribution in [0, 0.1) is 11.8 Å². The van der Waals surface area contributed by atoms with Crippen LogP contribution in [0.1, 0.15) is 27.7 Å². The van der Waals surface area contributed by atoms with Gasteiger partial charge in [-0.2, -0.15) is 12.6 Å². The normalized spacial score (nSPS) is 30.8. The Labute approximate surface area is 99.8 Å². The lowest BCUT2D eigenvalue weighted by Crippen LogP contribution is -2.47. The minimum atomic E-state index is 0.376. The SMILES string of the molecule is CC1CN(CC(CS)C(C)C)CC(C)O1. The van der Waals surface area contributed by atoms with E-state index in [-0.39, 0.29) is 0 Å². The monoisotopic (exact) mass is 231 g/mol. The molecule has 1 aliphatic heterocycles. The lowest BCUT2D eigenvalue weighted by atomic mass is 9.97. The summed E-state index contributed by atoms with van der Waals surface area (Å²) in [7, 11) is 0. The van der Waals surface area contributed by atoms with Crippen molar-refractivity contribution in [3.63, 3.8) is 0 Å². The summed E-state index contributed by atoms with van der Waals surface area (Å²) < 4.78 is 5.73. The molecule has 0 N–H and O–H groups in total. The molecule has 1 aliphatic rings. The van der Waals surface area contributed by atoms with Crippen molar-refractivity contribution in [1.82, 2.24) is 4.90 Å². The number of hydrogen-bond acceptors (Lipinski definition) is 3. The van der Waals surface area contributed by atoms with Crippen LogP contribution in [0.2, 0.25) is 0 Å². The third kappa shape index (κ3) is 4.33. The Morgan fingerprint density at radius 1 is 1.27 bits per heavy atom. The van der Waals surface area contributed by atoms with Gasteiger partial charge in [0.1, 0.15) is 0 Å². The fourth-order valence-electron chi connectivity index (χ4n) is 2.24. The smallest absolute Gasteiger partial charge is 0.0678 e. The number of morpholine rings is 1. The van der Waals surface area contributed by atoms with Crippen LogP contribution < -0.4 is 0 Å². The Morgan fingerprint density at radius 3 is 2.20 bits per heavy atom. The first kappa shape index (κ1) is 13.3. The topological polar surface area (TPSA) is 12.5 Å². The summed E-state index contributed by atoms with van der Waals surface area (Å²) in [5.74, 6) is 2.40. The zero-order valence-electron chi connectivity index (χ0n) is 10.4. The van der Waals surface area contributed by atoms with Gasteiger partial charge in [-0.1, -0.05) is 13.8 Å². The average Bonchev–Trinajstić information content (AvgIpc) is 2.12. The van der Waals surface area contributed by atoms with E-state index in [1.807, 2.05) is 0 Å². The number of thiol groups is 1. The van der Waals surface area contributed by atoms with E-state index in [2.05, 4.69) is 45.2 Å². The van der Waals surface area contributed by atoms with Crippen molar-refractivity contribution in [1.29, 1.82) is 0 Å². The fourth-order valence-corrected chi connectivity index (χ4v) is 2.78. The van der Waals surface area contributed by atoms with Crippen molar-refractivity contribution in [2.45, 2.75) is 39.9 Å². The van der Waals surface area contributed by atoms with E-state index < -0.39 is 0 Å². The van der Waals surface area contributed by atoms with Crippen molar-refractivity contribution in [2.75, 3.05) is 25.4 Å². The molecule has 0 aromatic heterocycles. The molecule has 1 rings (SSSR count). The highest BCUT2D eigenvalue weighted by Crippen LogP contribution is 2.18. The van der Waals surface area contributed by atoms with Crippen LogP contribution >= 0.6 is 12.6 Å². The van der Waals surface area contributed by atoms with Gasteiger partial charge in [0.2, 0.25) is 0 Å². The highest BCUT2D eigenvalue weighted by molar-refractivity contribution is 7.80. The van der Waals surface area contributed by atoms with E-state index in [0.717, 1.165) is 24.8 Å². The molecule has 0 amide bonds. The summed E-state index contributed by atoms with van der Waals surface area (Å²) in [5.41, 5.74) is 0. The maximum atomic E-state index is 5.73. The molecule has 3 atom stereocenters. The first-order valence-electron chi connectivity index (χ1n) is 6.01. The summed E-state index contributed by atoms with van der Waals surface area (Å²) >= 11 is 4.44. The zero-order valence-corrected chi connectivity index (χ0v) is 11.3. The molecule has 0 aliphatic carbocycles. The Bertz CT molecular complexity index is 176. The van der Waals surface area contributed by atoms with Crippen LogP contribution in [0.15, 0.2) is 0 Å². The predicted molar refractivity (Wildman–Crippen MR) is 68.6 cm³/mol. The highest BCUT2D eigenvalue weighted by atomic mass is 32.1. The van der Waals surface area contributed by atoms with Crippen LogP contribution in [0.3, 0.4) is 0 Å². The Balaban J connectivity index is 2.42. The molecule has 3 heteroatoms. The third-order valence-electron chi connectivity index (χ3n) is 3.17. The Morgan fingerprint density at radius 2 is 1.80 bits per heavy atom. The van der Waals surface area contributed by atoms with Gasteiger partial charge in [-0.3, -0.25) is 4.90 Å². The molecule has 0 aromatic rings. The molecule has 0 radical (unpaired) electrons. The number of hydrogen-bond donors (Lipinski definition) is 1. The summed E-state index contributed by atoms with van der Waals surface area (Å²) in [6.07, 6.45) is 0.753. The Hall–Kier alpha value is 0.270. The van der Waals surface area contributed by atoms with Gasteiger partial charge in [-0.15, -0.1) is 0 Å². The molecular weight excluding hydrogens is 206 g/mol. The molecule has 0 spiro atoms. The van der Waals surface area contributed by atoms with E-state index >= 15 is 0 Å². The van der Waals surface area contributed by atoms with Gasteiger partial charge >= 0.3 is 0 Å². The van der Waals surface area contributed by atoms with E-state index in [0.29, 0.717) is 18.1 Å². The minimum absolute atomic E-state index is 0.376. The number of nitrogens with zero attached hydrogens (tertiary/aromatic N) is 1. The summed E-state index contributed by atoms with van der Waals surface area (Å²) in [6.45, 7) is 12.2. The maximum Gasteiger partial charge on any atom is 0.0678 e. The largest absolute Gasteiger partial charge is 0.373 e. The van der Waals surface area contributed by atoms with Crippen molar-refractivity contribution >= 4 is 12.6 Å². The second-order valence-corrected chi connectivity index (χ2v) is 5.53. The summed E-state index contributed by atoms with van der Waals surface area (Å²) in [4.78, 5) is 2.53. The lowest BCUT2D eigenvalue weighted by Gasteiger charge is -2.37. The second kappa shape index (κ2) is 6.12. The Kier molecular flexibility index (Phi) is 5.44. The van der Waals surface area contributed by atoms with E-state index in [1.54, 1.807) is 0 Å². The molecule has 0 aromatic carbocycles. The van der Waals surface area contributed by atoms with E-state index in [9.17, 15) is 0 Å². The molecule has 1 saturated heterocycles. The number of ether oxygens (including phenoxy) is 1. The van der Waals surface area contributed by atoms with Crippen LogP contribution in [0.25, 0.3) is 0 Å². The van der Waals surface area contributed by atoms with Crippen LogP contribution in [0.5, 0.6) is 0 Å². The quantitative estimate of drug-likeness (QED) is 0.745. The van der Waals surface area contributed by atoms with Gasteiger partial charge in [0, 0.05) is 19.6 Å². The summed E-state index contributed by atoms with van der Waals surface area (Å²) in [5, 5.41) is 0. The summed E-state index contributed by atoms with van der Waals surface area (Å²) in [6, 6.07) is 0. The molecule has 0 saturated carbocycles. The molecule has 15 heavy (non-hydrogen) atoms. The van der Waals surface area contributed by atoms with Gasteiger partial charge in [0.05, 0.1) is 12.2 Å². The zero-order chi connectivity index (χ0) is 11.4. The first-order chi connectivity index (χ1) is 7.02. The first-order valence-corrected chi connectivity index (χ1v) is 6.64. The molecular formula is C12H25NOS. The highest BCUT2D eigenvalue weighted by Gasteiger charge is 2.24. The minimum Gasteiger partial charge on any atom is -0.373 e. The van der Waals surface area contributed by atoms with Crippen LogP contribution in [0.4, 0.5) is 0 Å². The van der Waals surface area contributed by atoms with Crippen molar-refractivity contribution in [3.8, 4) is 0 Å². The molecule has 90 valence electrons. The predicted octanol–water partition coefficient (Wildman–Crippen LogP) is 2.30. The standard InChI is InChI=1S/C12H25NOS/c1-9(2)12(8-15)7-13-5-10(3)14-11(4)6-13/h9-12,15H,5-8H2,1-4H3. The fraction of sp³-hybridized carbons (Fsp3) is 1.00. The van der Waals surface area contributed by atoms with Gasteiger partial charge < -0.3 is 4.74 Å². The van der Waals surface area contributed by atoms with Crippen LogP contribution in [-0.4, -0.2) is 42.5 Å². The van der Waals surface area contributed by atoms with Gasteiger partial charge in [0.15, 0.2) is 0 Å². The second-order valence-electron chi connectivity index (χ2n) is 5.16. The van der Waals surface area contributed by atoms with Crippen molar-refractivity contribution < 1.29 is 4.74 Å². The van der Waals surface area contributed by atoms with E-state index in [1.165, 1.54) is 6.54 Å². The molecule has 1 fully saturated rings. The molecule has 2 nitrogen and oxygen atoms in total. The number of rotatable bonds is 4. The van der Waals surface area contributed by atoms with Gasteiger partial charge in [-0.25, -0.2) is 0 Å². The molecule has 3 unspecified atom stereocenters. The lowest BCUT2D eigenvalue weighted by molar-refractivity contribution is -0.0720. The van der Waals surface area contributed by atoms with Crippen LogP contribution in [-0.2, 0) is 4.74 Å². The van der Waals surface area contributed by atoms with Gasteiger partial charge in [-0.05, 0) is 31.4 Å². The maximum absolute atomic E-state index is 5.73. The molecule has 0 bridgehead atoms.